The average molecular weight is 356 g/mol. The summed E-state index contributed by atoms with van der Waals surface area (Å²) in [5, 5.41) is 28.6. The summed E-state index contributed by atoms with van der Waals surface area (Å²) in [5.41, 5.74) is 4.91. The number of benzene rings is 2. The molecule has 11 nitrogen and oxygen atoms in total. The van der Waals surface area contributed by atoms with Gasteiger partial charge < -0.3 is 0 Å². The Morgan fingerprint density at radius 1 is 0.846 bits per heavy atom. The molecule has 0 atom stereocenters. The Balaban J connectivity index is 1.87. The Hall–Kier alpha value is -4.15. The minimum Gasteiger partial charge on any atom is -0.258 e. The Bertz CT molecular complexity index is 824. The fourth-order valence-corrected chi connectivity index (χ4v) is 1.79. The van der Waals surface area contributed by atoms with Gasteiger partial charge in [-0.05, 0) is 0 Å². The van der Waals surface area contributed by atoms with Crippen LogP contribution in [0.5, 0.6) is 0 Å². The van der Waals surface area contributed by atoms with E-state index in [0.717, 1.165) is 0 Å². The zero-order valence-corrected chi connectivity index (χ0v) is 13.1. The van der Waals surface area contributed by atoms with Crippen molar-refractivity contribution in [3.05, 3.63) is 79.9 Å². The van der Waals surface area contributed by atoms with Gasteiger partial charge in [0.2, 0.25) is 0 Å². The van der Waals surface area contributed by atoms with Crippen LogP contribution in [-0.4, -0.2) is 28.3 Å². The van der Waals surface area contributed by atoms with E-state index in [1.165, 1.54) is 48.8 Å². The van der Waals surface area contributed by atoms with Gasteiger partial charge in [0.05, 0.1) is 22.3 Å². The molecule has 0 bridgehead atoms. The highest BCUT2D eigenvalue weighted by molar-refractivity contribution is 5.84. The van der Waals surface area contributed by atoms with Crippen LogP contribution >= 0.6 is 0 Å². The fraction of sp³-hybridized carbons (Fsp3) is 0. The van der Waals surface area contributed by atoms with Crippen molar-refractivity contribution >= 4 is 29.8 Å². The largest absolute Gasteiger partial charge is 0.355 e. The van der Waals surface area contributed by atoms with Gasteiger partial charge in [-0.1, -0.05) is 24.3 Å². The number of urea groups is 1. The molecule has 0 aromatic heterocycles. The standard InChI is InChI=1S/C15H12N6O5/c22-15(18-16-9-11-3-1-5-13(7-11)20(23)24)19-17-10-12-4-2-6-14(8-12)21(25)26/h1-10H,(H2,18,19,22)/b16-9-,17-10?. The molecule has 0 spiro atoms. The molecule has 0 aliphatic heterocycles. The van der Waals surface area contributed by atoms with Crippen molar-refractivity contribution in [1.29, 1.82) is 0 Å². The average Bonchev–Trinajstić information content (AvgIpc) is 2.62. The summed E-state index contributed by atoms with van der Waals surface area (Å²) in [4.78, 5) is 31.7. The Labute approximate surface area is 146 Å². The van der Waals surface area contributed by atoms with E-state index < -0.39 is 15.9 Å². The summed E-state index contributed by atoms with van der Waals surface area (Å²) in [6.07, 6.45) is 2.47. The molecule has 0 saturated heterocycles. The number of hydrogen-bond donors (Lipinski definition) is 2. The summed E-state index contributed by atoms with van der Waals surface area (Å²) in [6, 6.07) is 10.6. The summed E-state index contributed by atoms with van der Waals surface area (Å²) < 4.78 is 0. The third-order valence-electron chi connectivity index (χ3n) is 2.92. The molecule has 0 radical (unpaired) electrons. The Kier molecular flexibility index (Phi) is 6.04. The lowest BCUT2D eigenvalue weighted by atomic mass is 10.2. The van der Waals surface area contributed by atoms with E-state index in [9.17, 15) is 25.0 Å². The number of amides is 2. The normalized spacial score (nSPS) is 10.8. The van der Waals surface area contributed by atoms with Crippen molar-refractivity contribution in [3.8, 4) is 0 Å². The number of carbonyl (C=O) groups is 1. The topological polar surface area (TPSA) is 152 Å². The van der Waals surface area contributed by atoms with E-state index >= 15 is 0 Å². The molecule has 0 heterocycles. The van der Waals surface area contributed by atoms with Crippen LogP contribution in [0.1, 0.15) is 11.1 Å². The highest BCUT2D eigenvalue weighted by Gasteiger charge is 2.05. The van der Waals surface area contributed by atoms with Gasteiger partial charge in [-0.3, -0.25) is 20.2 Å². The SMILES string of the molecule is O=C(NN=Cc1cccc([N+](=O)[O-])c1)N/N=C\c1cccc([N+](=O)[O-])c1. The molecule has 0 unspecified atom stereocenters. The van der Waals surface area contributed by atoms with Gasteiger partial charge in [-0.2, -0.15) is 10.2 Å². The van der Waals surface area contributed by atoms with E-state index in [0.29, 0.717) is 11.1 Å². The first kappa shape index (κ1) is 18.2. The van der Waals surface area contributed by atoms with Gasteiger partial charge in [0.1, 0.15) is 0 Å². The van der Waals surface area contributed by atoms with Gasteiger partial charge in [0.15, 0.2) is 0 Å². The highest BCUT2D eigenvalue weighted by Crippen LogP contribution is 2.12. The molecule has 0 aliphatic carbocycles. The molecule has 2 N–H and O–H groups in total. The van der Waals surface area contributed by atoms with Gasteiger partial charge in [-0.25, -0.2) is 15.6 Å². The maximum Gasteiger partial charge on any atom is 0.355 e. The summed E-state index contributed by atoms with van der Waals surface area (Å²) in [6.45, 7) is 0. The smallest absolute Gasteiger partial charge is 0.258 e. The number of nitrogens with zero attached hydrogens (tertiary/aromatic N) is 4. The maximum absolute atomic E-state index is 11.5. The third-order valence-corrected chi connectivity index (χ3v) is 2.92. The van der Waals surface area contributed by atoms with Crippen molar-refractivity contribution in [2.24, 2.45) is 10.2 Å². The van der Waals surface area contributed by atoms with Crippen LogP contribution in [-0.2, 0) is 0 Å². The van der Waals surface area contributed by atoms with Crippen LogP contribution in [0.15, 0.2) is 58.7 Å². The molecule has 2 aromatic rings. The summed E-state index contributed by atoms with van der Waals surface area (Å²) in [7, 11) is 0. The van der Waals surface area contributed by atoms with Crippen molar-refractivity contribution in [3.63, 3.8) is 0 Å². The van der Waals surface area contributed by atoms with Crippen molar-refractivity contribution in [1.82, 2.24) is 10.9 Å². The Morgan fingerprint density at radius 3 is 1.65 bits per heavy atom. The second-order valence-corrected chi connectivity index (χ2v) is 4.77. The van der Waals surface area contributed by atoms with Gasteiger partial charge in [0.25, 0.3) is 11.4 Å². The van der Waals surface area contributed by atoms with Crippen molar-refractivity contribution < 1.29 is 14.6 Å². The van der Waals surface area contributed by atoms with E-state index in [-0.39, 0.29) is 11.4 Å². The number of rotatable bonds is 6. The van der Waals surface area contributed by atoms with Crippen LogP contribution in [0.2, 0.25) is 0 Å². The van der Waals surface area contributed by atoms with Crippen LogP contribution in [0.4, 0.5) is 16.2 Å². The van der Waals surface area contributed by atoms with Crippen LogP contribution in [0, 0.1) is 20.2 Å². The zero-order chi connectivity index (χ0) is 18.9. The fourth-order valence-electron chi connectivity index (χ4n) is 1.79. The molecular weight excluding hydrogens is 344 g/mol. The Morgan fingerprint density at radius 2 is 1.27 bits per heavy atom. The number of hydrogen-bond acceptors (Lipinski definition) is 7. The molecule has 2 aromatic carbocycles. The van der Waals surface area contributed by atoms with Crippen LogP contribution in [0.25, 0.3) is 0 Å². The summed E-state index contributed by atoms with van der Waals surface area (Å²) >= 11 is 0. The molecule has 0 fully saturated rings. The van der Waals surface area contributed by atoms with Crippen molar-refractivity contribution in [2.45, 2.75) is 0 Å². The quantitative estimate of drug-likeness (QED) is 0.461. The molecular formula is C15H12N6O5. The number of nitro groups is 2. The molecule has 26 heavy (non-hydrogen) atoms. The van der Waals surface area contributed by atoms with E-state index in [1.807, 2.05) is 0 Å². The maximum atomic E-state index is 11.5. The van der Waals surface area contributed by atoms with Gasteiger partial charge in [-0.15, -0.1) is 0 Å². The third kappa shape index (κ3) is 5.49. The monoisotopic (exact) mass is 356 g/mol. The lowest BCUT2D eigenvalue weighted by Crippen LogP contribution is -2.28. The van der Waals surface area contributed by atoms with Gasteiger partial charge >= 0.3 is 6.03 Å². The summed E-state index contributed by atoms with van der Waals surface area (Å²) in [5.74, 6) is 0. The van der Waals surface area contributed by atoms with Crippen LogP contribution in [0.3, 0.4) is 0 Å². The van der Waals surface area contributed by atoms with Crippen LogP contribution < -0.4 is 10.9 Å². The second kappa shape index (κ2) is 8.63. The molecule has 132 valence electrons. The van der Waals surface area contributed by atoms with Crippen molar-refractivity contribution in [2.75, 3.05) is 0 Å². The first-order valence-corrected chi connectivity index (χ1v) is 7.07. The number of hydrazone groups is 2. The highest BCUT2D eigenvalue weighted by atomic mass is 16.6. The van der Waals surface area contributed by atoms with Gasteiger partial charge in [0, 0.05) is 35.4 Å². The second-order valence-electron chi connectivity index (χ2n) is 4.77. The number of nitrogens with one attached hydrogen (secondary N) is 2. The molecule has 2 rings (SSSR count). The van der Waals surface area contributed by atoms with E-state index in [1.54, 1.807) is 12.1 Å². The van der Waals surface area contributed by atoms with E-state index in [4.69, 9.17) is 0 Å². The zero-order valence-electron chi connectivity index (χ0n) is 13.1. The van der Waals surface area contributed by atoms with E-state index in [2.05, 4.69) is 21.1 Å². The first-order valence-electron chi connectivity index (χ1n) is 7.07. The lowest BCUT2D eigenvalue weighted by molar-refractivity contribution is -0.385. The minimum absolute atomic E-state index is 0.0973. The molecule has 0 saturated carbocycles. The predicted octanol–water partition coefficient (Wildman–Crippen LogP) is 2.17. The number of non-ortho nitro benzene ring substituents is 2. The predicted molar refractivity (Wildman–Crippen MR) is 93.0 cm³/mol. The lowest BCUT2D eigenvalue weighted by Gasteiger charge is -1.98. The number of nitro benzene ring substituents is 2. The minimum atomic E-state index is -0.756. The first-order chi connectivity index (χ1) is 12.5. The molecule has 11 heteroatoms. The number of carbonyl (C=O) groups excluding carboxylic acids is 1. The molecule has 2 amide bonds. The molecule has 0 aliphatic rings.